The molecule has 0 amide bonds. The van der Waals surface area contributed by atoms with E-state index >= 15 is 0 Å². The first-order chi connectivity index (χ1) is 15.9. The van der Waals surface area contributed by atoms with Crippen LogP contribution in [0.25, 0.3) is 0 Å². The number of aryl methyl sites for hydroxylation is 1. The first-order valence-corrected chi connectivity index (χ1v) is 12.2. The van der Waals surface area contributed by atoms with Crippen LogP contribution in [0.5, 0.6) is 0 Å². The van der Waals surface area contributed by atoms with E-state index < -0.39 is 0 Å². The highest BCUT2D eigenvalue weighted by atomic mass is 16.6. The Morgan fingerprint density at radius 1 is 0.818 bits per heavy atom. The van der Waals surface area contributed by atoms with Crippen LogP contribution in [-0.2, 0) is 37.2 Å². The molecule has 33 heavy (non-hydrogen) atoms. The summed E-state index contributed by atoms with van der Waals surface area (Å²) >= 11 is 0. The molecule has 0 radical (unpaired) electrons. The van der Waals surface area contributed by atoms with E-state index in [1.54, 1.807) is 0 Å². The average Bonchev–Trinajstić information content (AvgIpc) is 3.61. The molecule has 4 aliphatic heterocycles. The van der Waals surface area contributed by atoms with Gasteiger partial charge in [0.1, 0.15) is 0 Å². The lowest BCUT2D eigenvalue weighted by molar-refractivity contribution is 0.298. The standard InChI is InChI=1S/C27H34N2O4/c1-15-5-18(3-4-25(15)28)27(9-21-13-32-21,10-22-14-33-22)24-7-17(6-19-11-30-19)26(29)16(2)23(24)8-20-12-31-20/h3-5,7,19-22H,6,8-14,28-29H2,1-2H3. The van der Waals surface area contributed by atoms with Gasteiger partial charge in [0.2, 0.25) is 0 Å². The number of nitrogen functional groups attached to an aromatic ring is 2. The van der Waals surface area contributed by atoms with Gasteiger partial charge in [-0.1, -0.05) is 18.2 Å². The van der Waals surface area contributed by atoms with E-state index in [0.29, 0.717) is 0 Å². The molecule has 0 aliphatic carbocycles. The molecule has 0 bridgehead atoms. The predicted molar refractivity (Wildman–Crippen MR) is 128 cm³/mol. The van der Waals surface area contributed by atoms with Crippen LogP contribution >= 0.6 is 0 Å². The van der Waals surface area contributed by atoms with Gasteiger partial charge in [0, 0.05) is 29.6 Å². The van der Waals surface area contributed by atoms with Crippen molar-refractivity contribution in [3.05, 3.63) is 57.6 Å². The minimum absolute atomic E-state index is 0.233. The molecule has 4 saturated heterocycles. The predicted octanol–water partition coefficient (Wildman–Crippen LogP) is 3.21. The Morgan fingerprint density at radius 2 is 1.39 bits per heavy atom. The summed E-state index contributed by atoms with van der Waals surface area (Å²) in [5, 5.41) is 0. The maximum Gasteiger partial charge on any atom is 0.0850 e. The van der Waals surface area contributed by atoms with Gasteiger partial charge in [-0.3, -0.25) is 0 Å². The van der Waals surface area contributed by atoms with Crippen LogP contribution in [-0.4, -0.2) is 50.8 Å². The maximum atomic E-state index is 6.72. The van der Waals surface area contributed by atoms with Gasteiger partial charge >= 0.3 is 0 Å². The normalized spacial score (nSPS) is 28.9. The molecule has 176 valence electrons. The lowest BCUT2D eigenvalue weighted by Gasteiger charge is -2.38. The fourth-order valence-electron chi connectivity index (χ4n) is 5.47. The van der Waals surface area contributed by atoms with E-state index in [4.69, 9.17) is 30.4 Å². The molecule has 2 aromatic rings. The lowest BCUT2D eigenvalue weighted by atomic mass is 9.65. The summed E-state index contributed by atoms with van der Waals surface area (Å²) in [6, 6.07) is 8.90. The van der Waals surface area contributed by atoms with Crippen LogP contribution in [0.15, 0.2) is 24.3 Å². The highest BCUT2D eigenvalue weighted by Gasteiger charge is 2.47. The van der Waals surface area contributed by atoms with Crippen molar-refractivity contribution in [1.82, 2.24) is 0 Å². The Bertz CT molecular complexity index is 1050. The summed E-state index contributed by atoms with van der Waals surface area (Å²) in [5.74, 6) is 0. The molecule has 4 fully saturated rings. The van der Waals surface area contributed by atoms with Gasteiger partial charge in [-0.2, -0.15) is 0 Å². The Labute approximate surface area is 195 Å². The summed E-state index contributed by atoms with van der Waals surface area (Å²) in [7, 11) is 0. The Morgan fingerprint density at radius 3 is 1.94 bits per heavy atom. The van der Waals surface area contributed by atoms with E-state index in [9.17, 15) is 0 Å². The zero-order valence-electron chi connectivity index (χ0n) is 19.6. The molecule has 6 heteroatoms. The zero-order valence-corrected chi connectivity index (χ0v) is 19.6. The van der Waals surface area contributed by atoms with Crippen LogP contribution in [0.3, 0.4) is 0 Å². The van der Waals surface area contributed by atoms with Crippen LogP contribution in [0.4, 0.5) is 11.4 Å². The molecule has 6 rings (SSSR count). The van der Waals surface area contributed by atoms with Crippen molar-refractivity contribution in [3.63, 3.8) is 0 Å². The summed E-state index contributed by atoms with van der Waals surface area (Å²) in [4.78, 5) is 0. The number of hydrogen-bond donors (Lipinski definition) is 2. The third kappa shape index (κ3) is 4.37. The second kappa shape index (κ2) is 7.98. The molecule has 4 aliphatic rings. The smallest absolute Gasteiger partial charge is 0.0850 e. The number of benzene rings is 2. The van der Waals surface area contributed by atoms with Crippen molar-refractivity contribution in [3.8, 4) is 0 Å². The van der Waals surface area contributed by atoms with Crippen LogP contribution in [0, 0.1) is 13.8 Å². The second-order valence-corrected chi connectivity index (χ2v) is 10.4. The maximum absolute atomic E-state index is 6.72. The van der Waals surface area contributed by atoms with Gasteiger partial charge in [0.05, 0.1) is 50.8 Å². The third-order valence-electron chi connectivity index (χ3n) is 7.83. The van der Waals surface area contributed by atoms with Crippen molar-refractivity contribution in [1.29, 1.82) is 0 Å². The van der Waals surface area contributed by atoms with Crippen LogP contribution < -0.4 is 11.5 Å². The molecule has 0 aromatic heterocycles. The highest BCUT2D eigenvalue weighted by Crippen LogP contribution is 2.49. The average molecular weight is 451 g/mol. The summed E-state index contributed by atoms with van der Waals surface area (Å²) in [6.07, 6.45) is 4.69. The van der Waals surface area contributed by atoms with Crippen LogP contribution in [0.2, 0.25) is 0 Å². The van der Waals surface area contributed by atoms with Crippen molar-refractivity contribution in [2.45, 2.75) is 69.4 Å². The number of hydrogen-bond acceptors (Lipinski definition) is 6. The molecule has 0 spiro atoms. The highest BCUT2D eigenvalue weighted by molar-refractivity contribution is 5.63. The first-order valence-electron chi connectivity index (χ1n) is 12.2. The third-order valence-corrected chi connectivity index (χ3v) is 7.83. The van der Waals surface area contributed by atoms with Crippen molar-refractivity contribution >= 4 is 11.4 Å². The van der Waals surface area contributed by atoms with E-state index in [1.165, 1.54) is 27.8 Å². The molecule has 4 unspecified atom stereocenters. The minimum atomic E-state index is -0.233. The van der Waals surface area contributed by atoms with E-state index in [2.05, 4.69) is 32.0 Å². The SMILES string of the molecule is Cc1cc(C(CC2CO2)(CC2CO2)c2cc(CC3CO3)c(N)c(C)c2CC2CO2)ccc1N. The zero-order chi connectivity index (χ0) is 22.7. The Hall–Kier alpha value is -2.12. The number of nitrogens with two attached hydrogens (primary N) is 2. The van der Waals surface area contributed by atoms with Gasteiger partial charge in [-0.05, 0) is 66.1 Å². The molecule has 2 aromatic carbocycles. The van der Waals surface area contributed by atoms with Gasteiger partial charge in [0.15, 0.2) is 0 Å². The molecule has 4 heterocycles. The van der Waals surface area contributed by atoms with Crippen molar-refractivity contribution in [2.24, 2.45) is 0 Å². The molecular formula is C27H34N2O4. The van der Waals surface area contributed by atoms with E-state index in [0.717, 1.165) is 69.0 Å². The van der Waals surface area contributed by atoms with Gasteiger partial charge in [-0.25, -0.2) is 0 Å². The van der Waals surface area contributed by atoms with Gasteiger partial charge in [-0.15, -0.1) is 0 Å². The summed E-state index contributed by atoms with van der Waals surface area (Å²) < 4.78 is 22.9. The Balaban J connectivity index is 1.56. The lowest BCUT2D eigenvalue weighted by Crippen LogP contribution is -2.34. The van der Waals surface area contributed by atoms with Crippen molar-refractivity contribution < 1.29 is 18.9 Å². The number of epoxide rings is 4. The Kier molecular flexibility index (Phi) is 5.18. The fraction of sp³-hybridized carbons (Fsp3) is 0.556. The summed E-state index contributed by atoms with van der Waals surface area (Å²) in [5.41, 5.74) is 21.9. The summed E-state index contributed by atoms with van der Waals surface area (Å²) in [6.45, 7) is 7.54. The molecule has 0 saturated carbocycles. The number of anilines is 2. The molecular weight excluding hydrogens is 416 g/mol. The van der Waals surface area contributed by atoms with Crippen molar-refractivity contribution in [2.75, 3.05) is 37.9 Å². The fourth-order valence-corrected chi connectivity index (χ4v) is 5.47. The van der Waals surface area contributed by atoms with Gasteiger partial charge in [0.25, 0.3) is 0 Å². The van der Waals surface area contributed by atoms with E-state index in [1.807, 2.05) is 6.07 Å². The largest absolute Gasteiger partial charge is 0.399 e. The quantitative estimate of drug-likeness (QED) is 0.426. The first kappa shape index (κ1) is 21.4. The monoisotopic (exact) mass is 450 g/mol. The number of ether oxygens (including phenoxy) is 4. The molecule has 4 N–H and O–H groups in total. The molecule has 4 atom stereocenters. The van der Waals surface area contributed by atoms with E-state index in [-0.39, 0.29) is 29.8 Å². The van der Waals surface area contributed by atoms with Gasteiger partial charge < -0.3 is 30.4 Å². The molecule has 6 nitrogen and oxygen atoms in total. The minimum Gasteiger partial charge on any atom is -0.399 e. The topological polar surface area (TPSA) is 102 Å². The number of rotatable bonds is 10. The van der Waals surface area contributed by atoms with Crippen LogP contribution in [0.1, 0.15) is 46.2 Å². The second-order valence-electron chi connectivity index (χ2n) is 10.4.